The van der Waals surface area contributed by atoms with Crippen LogP contribution in [0.3, 0.4) is 0 Å². The van der Waals surface area contributed by atoms with Crippen LogP contribution >= 0.6 is 0 Å². The van der Waals surface area contributed by atoms with Crippen molar-refractivity contribution in [3.8, 4) is 0 Å². The second kappa shape index (κ2) is 6.22. The molecule has 0 aromatic carbocycles. The third-order valence-electron chi connectivity index (χ3n) is 2.58. The summed E-state index contributed by atoms with van der Waals surface area (Å²) in [7, 11) is 1.23. The standard InChI is InChI=1S/C11H17NO5/c1-3-4-5-17-11(15)12-7-8(13)6-9(12)10(14)16-2/h9H,3-7H2,1-2H3/t9-/m0/s1. The number of ether oxygens (including phenoxy) is 2. The molecule has 1 aliphatic heterocycles. The summed E-state index contributed by atoms with van der Waals surface area (Å²) in [4.78, 5) is 35.4. The fraction of sp³-hybridized carbons (Fsp3) is 0.727. The molecule has 0 aromatic heterocycles. The van der Waals surface area contributed by atoms with Crippen molar-refractivity contribution < 1.29 is 23.9 Å². The Morgan fingerprint density at radius 2 is 2.18 bits per heavy atom. The van der Waals surface area contributed by atoms with Crippen molar-refractivity contribution in [1.29, 1.82) is 0 Å². The van der Waals surface area contributed by atoms with Crippen LogP contribution in [0.15, 0.2) is 0 Å². The van der Waals surface area contributed by atoms with E-state index >= 15 is 0 Å². The van der Waals surface area contributed by atoms with Crippen LogP contribution in [-0.4, -0.2) is 49.0 Å². The van der Waals surface area contributed by atoms with E-state index in [1.165, 1.54) is 7.11 Å². The molecule has 17 heavy (non-hydrogen) atoms. The molecule has 0 aliphatic carbocycles. The number of Topliss-reactive ketones (excluding diaryl/α,β-unsaturated/α-hetero) is 1. The summed E-state index contributed by atoms with van der Waals surface area (Å²) in [5, 5.41) is 0. The number of carbonyl (C=O) groups excluding carboxylic acids is 3. The van der Waals surface area contributed by atoms with E-state index in [0.29, 0.717) is 6.61 Å². The van der Waals surface area contributed by atoms with Crippen molar-refractivity contribution in [1.82, 2.24) is 4.90 Å². The Balaban J connectivity index is 2.57. The number of methoxy groups -OCH3 is 1. The van der Waals surface area contributed by atoms with Gasteiger partial charge in [-0.2, -0.15) is 0 Å². The highest BCUT2D eigenvalue weighted by molar-refractivity contribution is 5.95. The summed E-state index contributed by atoms with van der Waals surface area (Å²) in [6, 6.07) is -0.832. The fourth-order valence-corrected chi connectivity index (χ4v) is 1.62. The lowest BCUT2D eigenvalue weighted by molar-refractivity contribution is -0.145. The van der Waals surface area contributed by atoms with Gasteiger partial charge in [0.25, 0.3) is 0 Å². The minimum absolute atomic E-state index is 0.00948. The molecule has 1 rings (SSSR count). The number of ketones is 1. The van der Waals surface area contributed by atoms with E-state index in [1.807, 2.05) is 6.92 Å². The number of rotatable bonds is 4. The van der Waals surface area contributed by atoms with E-state index in [9.17, 15) is 14.4 Å². The van der Waals surface area contributed by atoms with Crippen molar-refractivity contribution in [2.75, 3.05) is 20.3 Å². The fourth-order valence-electron chi connectivity index (χ4n) is 1.62. The highest BCUT2D eigenvalue weighted by Crippen LogP contribution is 2.17. The van der Waals surface area contributed by atoms with Crippen LogP contribution in [0.5, 0.6) is 0 Å². The zero-order valence-corrected chi connectivity index (χ0v) is 10.1. The maximum Gasteiger partial charge on any atom is 0.410 e. The molecule has 0 unspecified atom stereocenters. The van der Waals surface area contributed by atoms with Crippen LogP contribution in [0.1, 0.15) is 26.2 Å². The minimum atomic E-state index is -0.832. The largest absolute Gasteiger partial charge is 0.467 e. The SMILES string of the molecule is CCCCOC(=O)N1CC(=O)C[C@H]1C(=O)OC. The molecule has 0 radical (unpaired) electrons. The highest BCUT2D eigenvalue weighted by Gasteiger charge is 2.40. The van der Waals surface area contributed by atoms with E-state index in [4.69, 9.17) is 4.74 Å². The third-order valence-corrected chi connectivity index (χ3v) is 2.58. The molecular weight excluding hydrogens is 226 g/mol. The van der Waals surface area contributed by atoms with Gasteiger partial charge in [-0.3, -0.25) is 9.69 Å². The zero-order chi connectivity index (χ0) is 12.8. The van der Waals surface area contributed by atoms with Gasteiger partial charge in [0, 0.05) is 6.42 Å². The average molecular weight is 243 g/mol. The number of unbranched alkanes of at least 4 members (excludes halogenated alkanes) is 1. The molecule has 1 atom stereocenters. The number of hydrogen-bond acceptors (Lipinski definition) is 5. The molecule has 0 aromatic rings. The van der Waals surface area contributed by atoms with E-state index in [1.54, 1.807) is 0 Å². The van der Waals surface area contributed by atoms with Gasteiger partial charge in [-0.25, -0.2) is 9.59 Å². The van der Waals surface area contributed by atoms with Crippen molar-refractivity contribution >= 4 is 17.8 Å². The highest BCUT2D eigenvalue weighted by atomic mass is 16.6. The van der Waals surface area contributed by atoms with Gasteiger partial charge in [0.2, 0.25) is 0 Å². The molecule has 1 saturated heterocycles. The first-order valence-corrected chi connectivity index (χ1v) is 5.63. The number of likely N-dealkylation sites (tertiary alicyclic amines) is 1. The van der Waals surface area contributed by atoms with Crippen LogP contribution in [-0.2, 0) is 19.1 Å². The first kappa shape index (κ1) is 13.5. The Kier molecular flexibility index (Phi) is 4.93. The number of esters is 1. The molecule has 6 nitrogen and oxygen atoms in total. The third kappa shape index (κ3) is 3.44. The van der Waals surface area contributed by atoms with Crippen molar-refractivity contribution in [3.05, 3.63) is 0 Å². The van der Waals surface area contributed by atoms with E-state index in [2.05, 4.69) is 4.74 Å². The molecule has 6 heteroatoms. The van der Waals surface area contributed by atoms with Gasteiger partial charge in [0.1, 0.15) is 6.04 Å². The molecule has 0 spiro atoms. The molecule has 96 valence electrons. The monoisotopic (exact) mass is 243 g/mol. The van der Waals surface area contributed by atoms with Gasteiger partial charge in [-0.05, 0) is 6.42 Å². The molecule has 1 aliphatic rings. The Labute approximate surface area is 99.9 Å². The number of nitrogens with zero attached hydrogens (tertiary/aromatic N) is 1. The molecule has 1 heterocycles. The topological polar surface area (TPSA) is 72.9 Å². The van der Waals surface area contributed by atoms with Crippen LogP contribution in [0.25, 0.3) is 0 Å². The summed E-state index contributed by atoms with van der Waals surface area (Å²) in [5.74, 6) is -0.740. The predicted molar refractivity (Wildman–Crippen MR) is 58.4 cm³/mol. The maximum absolute atomic E-state index is 11.6. The Morgan fingerprint density at radius 1 is 1.47 bits per heavy atom. The van der Waals surface area contributed by atoms with Crippen LogP contribution in [0, 0.1) is 0 Å². The summed E-state index contributed by atoms with van der Waals surface area (Å²) in [5.41, 5.74) is 0. The van der Waals surface area contributed by atoms with Gasteiger partial charge >= 0.3 is 12.1 Å². The second-order valence-electron chi connectivity index (χ2n) is 3.88. The molecule has 1 amide bonds. The molecule has 0 N–H and O–H groups in total. The van der Waals surface area contributed by atoms with Gasteiger partial charge < -0.3 is 9.47 Å². The van der Waals surface area contributed by atoms with Gasteiger partial charge in [0.15, 0.2) is 5.78 Å². The normalized spacial score (nSPS) is 19.3. The lowest BCUT2D eigenvalue weighted by Gasteiger charge is -2.20. The Hall–Kier alpha value is -1.59. The Morgan fingerprint density at radius 3 is 2.76 bits per heavy atom. The second-order valence-corrected chi connectivity index (χ2v) is 3.88. The van der Waals surface area contributed by atoms with E-state index in [-0.39, 0.29) is 18.7 Å². The predicted octanol–water partition coefficient (Wildman–Crippen LogP) is 0.740. The number of hydrogen-bond donors (Lipinski definition) is 0. The van der Waals surface area contributed by atoms with Crippen molar-refractivity contribution in [2.45, 2.75) is 32.2 Å². The quantitative estimate of drug-likeness (QED) is 0.538. The zero-order valence-electron chi connectivity index (χ0n) is 10.1. The van der Waals surface area contributed by atoms with Crippen LogP contribution in [0.4, 0.5) is 4.79 Å². The van der Waals surface area contributed by atoms with Crippen molar-refractivity contribution in [2.24, 2.45) is 0 Å². The van der Waals surface area contributed by atoms with Gasteiger partial charge in [-0.15, -0.1) is 0 Å². The summed E-state index contributed by atoms with van der Waals surface area (Å²) < 4.78 is 9.51. The Bertz CT molecular complexity index is 315. The lowest BCUT2D eigenvalue weighted by Crippen LogP contribution is -2.41. The summed E-state index contributed by atoms with van der Waals surface area (Å²) in [6.45, 7) is 2.20. The average Bonchev–Trinajstić information content (AvgIpc) is 2.70. The summed E-state index contributed by atoms with van der Waals surface area (Å²) in [6.07, 6.45) is 1.05. The van der Waals surface area contributed by atoms with Gasteiger partial charge in [0.05, 0.1) is 20.3 Å². The summed E-state index contributed by atoms with van der Waals surface area (Å²) >= 11 is 0. The van der Waals surface area contributed by atoms with Gasteiger partial charge in [-0.1, -0.05) is 13.3 Å². The van der Waals surface area contributed by atoms with Crippen molar-refractivity contribution in [3.63, 3.8) is 0 Å². The molecule has 1 fully saturated rings. The number of amides is 1. The minimum Gasteiger partial charge on any atom is -0.467 e. The maximum atomic E-state index is 11.6. The van der Waals surface area contributed by atoms with Crippen LogP contribution in [0.2, 0.25) is 0 Å². The molecule has 0 saturated carbocycles. The van der Waals surface area contributed by atoms with Crippen LogP contribution < -0.4 is 0 Å². The smallest absolute Gasteiger partial charge is 0.410 e. The molecular formula is C11H17NO5. The first-order chi connectivity index (χ1) is 8.10. The number of carbonyl (C=O) groups is 3. The van der Waals surface area contributed by atoms with E-state index in [0.717, 1.165) is 17.7 Å². The first-order valence-electron chi connectivity index (χ1n) is 5.63. The lowest BCUT2D eigenvalue weighted by atomic mass is 10.2. The molecule has 0 bridgehead atoms. The van der Waals surface area contributed by atoms with E-state index < -0.39 is 18.1 Å².